The summed E-state index contributed by atoms with van der Waals surface area (Å²) in [7, 11) is 2.95. The van der Waals surface area contributed by atoms with Crippen molar-refractivity contribution in [3.63, 3.8) is 0 Å². The Balaban J connectivity index is 1.78. The lowest BCUT2D eigenvalue weighted by atomic mass is 10.1. The van der Waals surface area contributed by atoms with Gasteiger partial charge in [-0.2, -0.15) is 0 Å². The van der Waals surface area contributed by atoms with E-state index in [2.05, 4.69) is 16.2 Å². The Morgan fingerprint density at radius 1 is 0.893 bits per heavy atom. The summed E-state index contributed by atoms with van der Waals surface area (Å²) in [6, 6.07) is 11.4. The fourth-order valence-corrected chi connectivity index (χ4v) is 2.38. The molecule has 0 aliphatic carbocycles. The van der Waals surface area contributed by atoms with Gasteiger partial charge in [0.25, 0.3) is 11.8 Å². The van der Waals surface area contributed by atoms with Crippen LogP contribution in [-0.2, 0) is 16.0 Å². The number of ether oxygens (including phenoxy) is 2. The number of hydrogen-bond acceptors (Lipinski definition) is 5. The Kier molecular flexibility index (Phi) is 7.65. The summed E-state index contributed by atoms with van der Waals surface area (Å²) in [5.74, 6) is -0.557. The second kappa shape index (κ2) is 10.2. The maximum absolute atomic E-state index is 12.1. The second-order valence-electron chi connectivity index (χ2n) is 5.65. The molecule has 28 heavy (non-hydrogen) atoms. The third kappa shape index (κ3) is 6.17. The van der Waals surface area contributed by atoms with Gasteiger partial charge in [-0.15, -0.1) is 0 Å². The first-order chi connectivity index (χ1) is 13.4. The Morgan fingerprint density at radius 3 is 2.18 bits per heavy atom. The number of carbonyl (C=O) groups excluding carboxylic acids is 3. The normalized spacial score (nSPS) is 9.96. The van der Waals surface area contributed by atoms with Crippen molar-refractivity contribution in [1.82, 2.24) is 16.2 Å². The van der Waals surface area contributed by atoms with E-state index in [0.717, 1.165) is 5.56 Å². The van der Waals surface area contributed by atoms with Crippen molar-refractivity contribution in [2.75, 3.05) is 20.8 Å². The lowest BCUT2D eigenvalue weighted by Crippen LogP contribution is -2.46. The largest absolute Gasteiger partial charge is 0.493 e. The van der Waals surface area contributed by atoms with Gasteiger partial charge >= 0.3 is 0 Å². The maximum Gasteiger partial charge on any atom is 0.257 e. The van der Waals surface area contributed by atoms with Crippen molar-refractivity contribution in [3.8, 4) is 11.5 Å². The number of methoxy groups -OCH3 is 2. The molecular formula is C19H20ClN3O5. The van der Waals surface area contributed by atoms with Gasteiger partial charge < -0.3 is 14.8 Å². The first kappa shape index (κ1) is 21.0. The first-order valence-corrected chi connectivity index (χ1v) is 8.63. The van der Waals surface area contributed by atoms with Gasteiger partial charge in [0.15, 0.2) is 11.5 Å². The van der Waals surface area contributed by atoms with Crippen LogP contribution in [0.3, 0.4) is 0 Å². The predicted molar refractivity (Wildman–Crippen MR) is 103 cm³/mol. The average molecular weight is 406 g/mol. The van der Waals surface area contributed by atoms with Gasteiger partial charge in [0.05, 0.1) is 27.2 Å². The van der Waals surface area contributed by atoms with Crippen LogP contribution < -0.4 is 25.6 Å². The van der Waals surface area contributed by atoms with Gasteiger partial charge in [0, 0.05) is 10.6 Å². The SMILES string of the molecule is COc1ccc(C(=O)NCC(=O)NNC(=O)Cc2ccc(Cl)cc2)cc1OC. The van der Waals surface area contributed by atoms with Crippen molar-refractivity contribution >= 4 is 29.3 Å². The molecule has 0 radical (unpaired) electrons. The van der Waals surface area contributed by atoms with E-state index in [1.807, 2.05) is 0 Å². The van der Waals surface area contributed by atoms with Gasteiger partial charge in [-0.05, 0) is 35.9 Å². The van der Waals surface area contributed by atoms with E-state index < -0.39 is 17.7 Å². The van der Waals surface area contributed by atoms with Crippen molar-refractivity contribution in [3.05, 3.63) is 58.6 Å². The highest BCUT2D eigenvalue weighted by Gasteiger charge is 2.12. The number of nitrogens with one attached hydrogen (secondary N) is 3. The molecule has 0 spiro atoms. The van der Waals surface area contributed by atoms with Crippen molar-refractivity contribution in [2.45, 2.75) is 6.42 Å². The third-order valence-corrected chi connectivity index (χ3v) is 3.93. The van der Waals surface area contributed by atoms with Crippen molar-refractivity contribution in [1.29, 1.82) is 0 Å². The maximum atomic E-state index is 12.1. The molecular weight excluding hydrogens is 386 g/mol. The van der Waals surface area contributed by atoms with Crippen LogP contribution in [0.15, 0.2) is 42.5 Å². The van der Waals surface area contributed by atoms with E-state index in [-0.39, 0.29) is 13.0 Å². The summed E-state index contributed by atoms with van der Waals surface area (Å²) in [6.07, 6.45) is 0.0788. The van der Waals surface area contributed by atoms with Crippen LogP contribution >= 0.6 is 11.6 Å². The molecule has 2 aromatic rings. The Bertz CT molecular complexity index is 855. The minimum atomic E-state index is -0.571. The molecule has 0 fully saturated rings. The third-order valence-electron chi connectivity index (χ3n) is 3.67. The summed E-state index contributed by atoms with van der Waals surface area (Å²) >= 11 is 5.78. The molecule has 148 valence electrons. The van der Waals surface area contributed by atoms with Crippen molar-refractivity contribution < 1.29 is 23.9 Å². The molecule has 2 aromatic carbocycles. The summed E-state index contributed by atoms with van der Waals surface area (Å²) < 4.78 is 10.2. The smallest absolute Gasteiger partial charge is 0.257 e. The molecule has 0 atom stereocenters. The van der Waals surface area contributed by atoms with E-state index >= 15 is 0 Å². The van der Waals surface area contributed by atoms with Crippen LogP contribution in [0.25, 0.3) is 0 Å². The lowest BCUT2D eigenvalue weighted by molar-refractivity contribution is -0.128. The van der Waals surface area contributed by atoms with Gasteiger partial charge in [-0.1, -0.05) is 23.7 Å². The Labute approximate surface area is 167 Å². The fourth-order valence-electron chi connectivity index (χ4n) is 2.26. The summed E-state index contributed by atoms with van der Waals surface area (Å²) in [4.78, 5) is 35.8. The number of amides is 3. The van der Waals surface area contributed by atoms with E-state index in [9.17, 15) is 14.4 Å². The molecule has 0 saturated carbocycles. The zero-order valence-corrected chi connectivity index (χ0v) is 16.1. The number of rotatable bonds is 7. The molecule has 9 heteroatoms. The Hall–Kier alpha value is -3.26. The van der Waals surface area contributed by atoms with E-state index in [1.165, 1.54) is 20.3 Å². The van der Waals surface area contributed by atoms with Gasteiger partial charge in [-0.3, -0.25) is 25.2 Å². The van der Waals surface area contributed by atoms with Crippen LogP contribution in [0.4, 0.5) is 0 Å². The van der Waals surface area contributed by atoms with Crippen LogP contribution in [0.2, 0.25) is 5.02 Å². The minimum Gasteiger partial charge on any atom is -0.493 e. The molecule has 0 heterocycles. The standard InChI is InChI=1S/C19H20ClN3O5/c1-27-15-8-5-13(10-16(15)28-2)19(26)21-11-18(25)23-22-17(24)9-12-3-6-14(20)7-4-12/h3-8,10H,9,11H2,1-2H3,(H,21,26)(H,22,24)(H,23,25). The summed E-state index contributed by atoms with van der Waals surface area (Å²) in [6.45, 7) is -0.311. The predicted octanol–water partition coefficient (Wildman–Crippen LogP) is 1.48. The molecule has 0 bridgehead atoms. The molecule has 0 unspecified atom stereocenters. The minimum absolute atomic E-state index is 0.0788. The highest BCUT2D eigenvalue weighted by atomic mass is 35.5. The fraction of sp³-hybridized carbons (Fsp3) is 0.211. The average Bonchev–Trinajstić information content (AvgIpc) is 2.71. The van der Waals surface area contributed by atoms with Gasteiger partial charge in [0.2, 0.25) is 5.91 Å². The van der Waals surface area contributed by atoms with Crippen LogP contribution in [0.1, 0.15) is 15.9 Å². The quantitative estimate of drug-likeness (QED) is 0.605. The second-order valence-corrected chi connectivity index (χ2v) is 6.09. The van der Waals surface area contributed by atoms with Crippen LogP contribution in [-0.4, -0.2) is 38.5 Å². The Morgan fingerprint density at radius 2 is 1.54 bits per heavy atom. The molecule has 0 aromatic heterocycles. The number of hydrogen-bond donors (Lipinski definition) is 3. The first-order valence-electron chi connectivity index (χ1n) is 8.25. The molecule has 2 rings (SSSR count). The number of halogens is 1. The number of benzene rings is 2. The van der Waals surface area contributed by atoms with E-state index in [0.29, 0.717) is 22.1 Å². The summed E-state index contributed by atoms with van der Waals surface area (Å²) in [5.41, 5.74) is 5.57. The molecule has 3 N–H and O–H groups in total. The van der Waals surface area contributed by atoms with Gasteiger partial charge in [-0.25, -0.2) is 0 Å². The monoisotopic (exact) mass is 405 g/mol. The van der Waals surface area contributed by atoms with Crippen LogP contribution in [0.5, 0.6) is 11.5 Å². The molecule has 0 saturated heterocycles. The molecule has 8 nitrogen and oxygen atoms in total. The topological polar surface area (TPSA) is 106 Å². The molecule has 3 amide bonds. The lowest BCUT2D eigenvalue weighted by Gasteiger charge is -2.10. The number of hydrazine groups is 1. The van der Waals surface area contributed by atoms with Crippen molar-refractivity contribution in [2.24, 2.45) is 0 Å². The van der Waals surface area contributed by atoms with Gasteiger partial charge in [0.1, 0.15) is 0 Å². The zero-order valence-electron chi connectivity index (χ0n) is 15.4. The zero-order chi connectivity index (χ0) is 20.5. The van der Waals surface area contributed by atoms with E-state index in [1.54, 1.807) is 36.4 Å². The highest BCUT2D eigenvalue weighted by molar-refractivity contribution is 6.30. The summed E-state index contributed by atoms with van der Waals surface area (Å²) in [5, 5.41) is 3.03. The molecule has 0 aliphatic heterocycles. The number of carbonyl (C=O) groups is 3. The highest BCUT2D eigenvalue weighted by Crippen LogP contribution is 2.27. The van der Waals surface area contributed by atoms with E-state index in [4.69, 9.17) is 21.1 Å². The van der Waals surface area contributed by atoms with Crippen LogP contribution in [0, 0.1) is 0 Å². The molecule has 0 aliphatic rings.